The number of urea groups is 1. The number of aromatic amines is 1. The van der Waals surface area contributed by atoms with E-state index in [2.05, 4.69) is 25.3 Å². The lowest BCUT2D eigenvalue weighted by atomic mass is 9.91. The molecule has 39 heavy (non-hydrogen) atoms. The molecular weight excluding hydrogens is 533 g/mol. The minimum absolute atomic E-state index is 0.0536. The van der Waals surface area contributed by atoms with E-state index in [0.29, 0.717) is 12.0 Å². The largest absolute Gasteiger partial charge is 0.365 e. The van der Waals surface area contributed by atoms with Crippen LogP contribution in [0, 0.1) is 17.5 Å². The van der Waals surface area contributed by atoms with Crippen LogP contribution >= 0.6 is 0 Å². The van der Waals surface area contributed by atoms with Crippen LogP contribution in [0.15, 0.2) is 24.4 Å². The van der Waals surface area contributed by atoms with Gasteiger partial charge in [0.15, 0.2) is 11.6 Å². The van der Waals surface area contributed by atoms with Crippen LogP contribution < -0.4 is 15.4 Å². The molecule has 13 heteroatoms. The number of fused-ring (bicyclic) bond motifs is 1. The number of pyridine rings is 1. The number of nitrogens with one attached hydrogen (secondary N) is 4. The standard InChI is InChI=1S/C26H31F3N6O3S/c1-39(37,38)31-13-15-9-22(29)25(34-23(15)20-14-30-24-19(20)10-16(27)11-21(24)28)32-17-5-4-6-18(12-17)33-26(36)35-7-2-3-8-35/h9-11,14,17-18,30-31H,2-8,12-13H2,1H3,(H,32,34)(H,33,36)/t17-,18+/m0/s1. The van der Waals surface area contributed by atoms with Crippen molar-refractivity contribution in [3.05, 3.63) is 47.4 Å². The number of likely N-dealkylation sites (tertiary alicyclic amines) is 1. The molecule has 2 atom stereocenters. The lowest BCUT2D eigenvalue weighted by Gasteiger charge is -2.32. The molecule has 5 rings (SSSR count). The van der Waals surface area contributed by atoms with Crippen LogP contribution in [-0.2, 0) is 16.6 Å². The van der Waals surface area contributed by atoms with Gasteiger partial charge in [0.1, 0.15) is 11.6 Å². The quantitative estimate of drug-likeness (QED) is 0.343. The summed E-state index contributed by atoms with van der Waals surface area (Å²) >= 11 is 0. The first kappa shape index (κ1) is 27.3. The molecule has 210 valence electrons. The van der Waals surface area contributed by atoms with Crippen molar-refractivity contribution in [3.8, 4) is 11.3 Å². The van der Waals surface area contributed by atoms with E-state index in [9.17, 15) is 22.0 Å². The van der Waals surface area contributed by atoms with Crippen molar-refractivity contribution in [2.24, 2.45) is 0 Å². The van der Waals surface area contributed by atoms with E-state index in [4.69, 9.17) is 0 Å². The zero-order valence-corrected chi connectivity index (χ0v) is 22.3. The molecule has 1 saturated heterocycles. The van der Waals surface area contributed by atoms with Crippen molar-refractivity contribution >= 4 is 32.8 Å². The highest BCUT2D eigenvalue weighted by molar-refractivity contribution is 7.88. The fourth-order valence-corrected chi connectivity index (χ4v) is 5.80. The van der Waals surface area contributed by atoms with Crippen LogP contribution in [0.25, 0.3) is 22.2 Å². The average Bonchev–Trinajstić information content (AvgIpc) is 3.55. The molecule has 1 saturated carbocycles. The van der Waals surface area contributed by atoms with Crippen LogP contribution in [0.5, 0.6) is 0 Å². The van der Waals surface area contributed by atoms with Gasteiger partial charge in [-0.3, -0.25) is 0 Å². The lowest BCUT2D eigenvalue weighted by molar-refractivity contribution is 0.199. The predicted octanol–water partition coefficient (Wildman–Crippen LogP) is 4.22. The fourth-order valence-electron chi connectivity index (χ4n) is 5.39. The van der Waals surface area contributed by atoms with Crippen molar-refractivity contribution in [1.29, 1.82) is 0 Å². The Labute approximate surface area is 224 Å². The van der Waals surface area contributed by atoms with Gasteiger partial charge < -0.3 is 20.5 Å². The topological polar surface area (TPSA) is 119 Å². The van der Waals surface area contributed by atoms with E-state index >= 15 is 4.39 Å². The molecule has 4 N–H and O–H groups in total. The molecule has 2 fully saturated rings. The summed E-state index contributed by atoms with van der Waals surface area (Å²) in [7, 11) is -3.61. The van der Waals surface area contributed by atoms with Gasteiger partial charge in [0.25, 0.3) is 0 Å². The third-order valence-electron chi connectivity index (χ3n) is 7.28. The number of aromatic nitrogens is 2. The van der Waals surface area contributed by atoms with E-state index < -0.39 is 27.5 Å². The van der Waals surface area contributed by atoms with Crippen molar-refractivity contribution in [1.82, 2.24) is 24.9 Å². The number of hydrogen-bond donors (Lipinski definition) is 4. The normalized spacial score (nSPS) is 19.9. The Kier molecular flexibility index (Phi) is 7.72. The molecule has 1 aromatic carbocycles. The summed E-state index contributed by atoms with van der Waals surface area (Å²) in [5, 5.41) is 6.43. The molecule has 0 unspecified atom stereocenters. The SMILES string of the molecule is CS(=O)(=O)NCc1cc(F)c(N[C@H]2CCC[C@@H](NC(=O)N3CCCC3)C2)nc1-c1c[nH]c2c(F)cc(F)cc12. The first-order valence-corrected chi connectivity index (χ1v) is 14.9. The summed E-state index contributed by atoms with van der Waals surface area (Å²) < 4.78 is 69.5. The van der Waals surface area contributed by atoms with E-state index in [1.54, 1.807) is 4.90 Å². The Morgan fingerprint density at radius 2 is 1.82 bits per heavy atom. The predicted molar refractivity (Wildman–Crippen MR) is 142 cm³/mol. The van der Waals surface area contributed by atoms with Gasteiger partial charge in [-0.1, -0.05) is 0 Å². The summed E-state index contributed by atoms with van der Waals surface area (Å²) in [5.74, 6) is -2.33. The van der Waals surface area contributed by atoms with Gasteiger partial charge in [-0.15, -0.1) is 0 Å². The van der Waals surface area contributed by atoms with Crippen LogP contribution in [0.3, 0.4) is 0 Å². The molecule has 3 aromatic rings. The zero-order chi connectivity index (χ0) is 27.7. The van der Waals surface area contributed by atoms with Gasteiger partial charge in [0, 0.05) is 54.9 Å². The summed E-state index contributed by atoms with van der Waals surface area (Å²) in [6.45, 7) is 1.23. The number of benzene rings is 1. The maximum absolute atomic E-state index is 15.3. The lowest BCUT2D eigenvalue weighted by Crippen LogP contribution is -2.47. The number of H-pyrrole nitrogens is 1. The Morgan fingerprint density at radius 1 is 1.08 bits per heavy atom. The number of carbonyl (C=O) groups is 1. The Morgan fingerprint density at radius 3 is 2.56 bits per heavy atom. The van der Waals surface area contributed by atoms with E-state index in [-0.39, 0.29) is 52.6 Å². The number of amides is 2. The number of sulfonamides is 1. The highest BCUT2D eigenvalue weighted by atomic mass is 32.2. The summed E-state index contributed by atoms with van der Waals surface area (Å²) in [5.41, 5.74) is 0.739. The maximum Gasteiger partial charge on any atom is 0.317 e. The third-order valence-corrected chi connectivity index (χ3v) is 7.95. The molecule has 2 aromatic heterocycles. The Hall–Kier alpha value is -3.32. The Balaban J connectivity index is 1.43. The number of nitrogens with zero attached hydrogens (tertiary/aromatic N) is 2. The van der Waals surface area contributed by atoms with Crippen molar-refractivity contribution < 1.29 is 26.4 Å². The van der Waals surface area contributed by atoms with Gasteiger partial charge >= 0.3 is 6.03 Å². The highest BCUT2D eigenvalue weighted by Gasteiger charge is 2.27. The number of carbonyl (C=O) groups excluding carboxylic acids is 1. The molecule has 0 spiro atoms. The van der Waals surface area contributed by atoms with Gasteiger partial charge in [0.05, 0.1) is 17.5 Å². The summed E-state index contributed by atoms with van der Waals surface area (Å²) in [6.07, 6.45) is 7.39. The molecule has 0 radical (unpaired) electrons. The monoisotopic (exact) mass is 564 g/mol. The van der Waals surface area contributed by atoms with E-state index in [1.165, 1.54) is 12.3 Å². The van der Waals surface area contributed by atoms with Gasteiger partial charge in [-0.2, -0.15) is 0 Å². The van der Waals surface area contributed by atoms with E-state index in [0.717, 1.165) is 63.6 Å². The first-order chi connectivity index (χ1) is 18.6. The van der Waals surface area contributed by atoms with Crippen molar-refractivity contribution in [2.75, 3.05) is 24.7 Å². The van der Waals surface area contributed by atoms with Gasteiger partial charge in [-0.25, -0.2) is 36.1 Å². The van der Waals surface area contributed by atoms with Crippen LogP contribution in [-0.4, -0.2) is 60.7 Å². The van der Waals surface area contributed by atoms with Gasteiger partial charge in [0.2, 0.25) is 10.0 Å². The van der Waals surface area contributed by atoms with Crippen LogP contribution in [0.1, 0.15) is 44.1 Å². The van der Waals surface area contributed by atoms with Crippen molar-refractivity contribution in [2.45, 2.75) is 57.2 Å². The fraction of sp³-hybridized carbons (Fsp3) is 0.462. The maximum atomic E-state index is 15.3. The number of rotatable bonds is 7. The molecule has 1 aliphatic heterocycles. The second kappa shape index (κ2) is 11.0. The number of anilines is 1. The Bertz CT molecular complexity index is 1490. The molecule has 2 aliphatic rings. The molecule has 0 bridgehead atoms. The van der Waals surface area contributed by atoms with E-state index in [1.807, 2.05) is 0 Å². The second-order valence-corrected chi connectivity index (χ2v) is 12.1. The molecule has 3 heterocycles. The number of hydrogen-bond acceptors (Lipinski definition) is 5. The molecular formula is C26H31F3N6O3S. The summed E-state index contributed by atoms with van der Waals surface area (Å²) in [6, 6.07) is 2.76. The van der Waals surface area contributed by atoms with Gasteiger partial charge in [-0.05, 0) is 56.2 Å². The zero-order valence-electron chi connectivity index (χ0n) is 21.5. The van der Waals surface area contributed by atoms with Crippen molar-refractivity contribution in [3.63, 3.8) is 0 Å². The average molecular weight is 565 g/mol. The molecule has 9 nitrogen and oxygen atoms in total. The smallest absolute Gasteiger partial charge is 0.317 e. The van der Waals surface area contributed by atoms with Crippen LogP contribution in [0.4, 0.5) is 23.8 Å². The minimum Gasteiger partial charge on any atom is -0.365 e. The third kappa shape index (κ3) is 6.30. The molecule has 2 amide bonds. The van der Waals surface area contributed by atoms with Crippen LogP contribution in [0.2, 0.25) is 0 Å². The first-order valence-electron chi connectivity index (χ1n) is 13.0. The second-order valence-electron chi connectivity index (χ2n) is 10.3. The molecule has 1 aliphatic carbocycles. The summed E-state index contributed by atoms with van der Waals surface area (Å²) in [4.78, 5) is 21.6. The number of halogens is 3. The highest BCUT2D eigenvalue weighted by Crippen LogP contribution is 2.34. The minimum atomic E-state index is -3.61.